The van der Waals surface area contributed by atoms with Crippen molar-refractivity contribution < 1.29 is 24.1 Å². The van der Waals surface area contributed by atoms with Gasteiger partial charge in [-0.05, 0) is 20.8 Å². The molecule has 141 valence electrons. The molecule has 2 rings (SSSR count). The Balaban J connectivity index is 2.73. The number of halogens is 1. The molecular weight excluding hydrogens is 351 g/mol. The van der Waals surface area contributed by atoms with Gasteiger partial charge < -0.3 is 19.7 Å². The highest BCUT2D eigenvalue weighted by atomic mass is 28.3. The first kappa shape index (κ1) is 20.0. The zero-order valence-electron chi connectivity index (χ0n) is 14.9. The van der Waals surface area contributed by atoms with E-state index in [1.54, 1.807) is 20.8 Å². The van der Waals surface area contributed by atoms with Crippen molar-refractivity contribution in [1.82, 2.24) is 9.55 Å². The SMILES string of the molecule is C[Si](C)[C@@]1(n2cc(F)c(=O)[nH]c2=O)O[C@H](CO)[C@@H](O)[C@H]1OC(C)(C)C. The number of aromatic amines is 1. The predicted octanol–water partition coefficient (Wildman–Crippen LogP) is -0.442. The Labute approximate surface area is 145 Å². The van der Waals surface area contributed by atoms with Crippen molar-refractivity contribution in [2.24, 2.45) is 0 Å². The molecule has 1 saturated heterocycles. The van der Waals surface area contributed by atoms with Crippen LogP contribution in [0.15, 0.2) is 15.8 Å². The van der Waals surface area contributed by atoms with E-state index in [9.17, 15) is 24.2 Å². The van der Waals surface area contributed by atoms with Crippen molar-refractivity contribution in [3.63, 3.8) is 0 Å². The fourth-order valence-corrected chi connectivity index (χ4v) is 4.83. The summed E-state index contributed by atoms with van der Waals surface area (Å²) in [5, 5.41) is 18.6. The molecule has 8 nitrogen and oxygen atoms in total. The first-order valence-electron chi connectivity index (χ1n) is 7.91. The molecule has 4 atom stereocenters. The number of aromatic nitrogens is 2. The summed E-state index contributed by atoms with van der Waals surface area (Å²) in [6.07, 6.45) is -2.50. The van der Waals surface area contributed by atoms with Crippen LogP contribution in [0.25, 0.3) is 0 Å². The second kappa shape index (κ2) is 6.76. The number of aliphatic hydroxyl groups excluding tert-OH is 2. The topological polar surface area (TPSA) is 114 Å². The van der Waals surface area contributed by atoms with Gasteiger partial charge in [0.1, 0.15) is 27.1 Å². The van der Waals surface area contributed by atoms with Gasteiger partial charge in [0.25, 0.3) is 5.56 Å². The van der Waals surface area contributed by atoms with Crippen molar-refractivity contribution in [3.05, 3.63) is 32.9 Å². The maximum atomic E-state index is 13.9. The lowest BCUT2D eigenvalue weighted by molar-refractivity contribution is -0.154. The van der Waals surface area contributed by atoms with E-state index >= 15 is 0 Å². The summed E-state index contributed by atoms with van der Waals surface area (Å²) in [5.41, 5.74) is -2.71. The molecule has 0 aliphatic carbocycles. The van der Waals surface area contributed by atoms with E-state index < -0.39 is 61.7 Å². The highest BCUT2D eigenvalue weighted by molar-refractivity contribution is 6.58. The number of rotatable bonds is 4. The summed E-state index contributed by atoms with van der Waals surface area (Å²) in [6, 6.07) is 0. The Morgan fingerprint density at radius 3 is 2.52 bits per heavy atom. The normalized spacial score (nSPS) is 30.2. The number of nitrogens with one attached hydrogen (secondary N) is 1. The predicted molar refractivity (Wildman–Crippen MR) is 89.3 cm³/mol. The Kier molecular flexibility index (Phi) is 5.41. The van der Waals surface area contributed by atoms with Crippen LogP contribution in [-0.4, -0.2) is 59.1 Å². The number of H-pyrrole nitrogens is 1. The van der Waals surface area contributed by atoms with Crippen LogP contribution in [0.4, 0.5) is 4.39 Å². The summed E-state index contributed by atoms with van der Waals surface area (Å²) in [7, 11) is -1.61. The van der Waals surface area contributed by atoms with Crippen LogP contribution in [0.5, 0.6) is 0 Å². The van der Waals surface area contributed by atoms with E-state index in [1.807, 2.05) is 18.1 Å². The summed E-state index contributed by atoms with van der Waals surface area (Å²) < 4.78 is 26.7. The van der Waals surface area contributed by atoms with Crippen molar-refractivity contribution >= 4 is 8.80 Å². The molecule has 1 aromatic heterocycles. The largest absolute Gasteiger partial charge is 0.394 e. The summed E-state index contributed by atoms with van der Waals surface area (Å²) in [4.78, 5) is 25.7. The zero-order chi connectivity index (χ0) is 19.2. The molecule has 2 heterocycles. The molecule has 1 fully saturated rings. The van der Waals surface area contributed by atoms with E-state index in [1.165, 1.54) is 0 Å². The van der Waals surface area contributed by atoms with Gasteiger partial charge in [-0.25, -0.2) is 4.79 Å². The third-order valence-electron chi connectivity index (χ3n) is 4.04. The molecule has 0 aromatic carbocycles. The molecule has 10 heteroatoms. The smallest absolute Gasteiger partial charge is 0.330 e. The molecule has 0 unspecified atom stereocenters. The van der Waals surface area contributed by atoms with Gasteiger partial charge >= 0.3 is 5.69 Å². The molecule has 0 bridgehead atoms. The minimum atomic E-state index is -1.61. The van der Waals surface area contributed by atoms with E-state index in [0.717, 1.165) is 10.8 Å². The summed E-state index contributed by atoms with van der Waals surface area (Å²) in [5.74, 6) is -1.15. The average molecular weight is 375 g/mol. The van der Waals surface area contributed by atoms with Crippen molar-refractivity contribution in [2.45, 2.75) is 63.1 Å². The molecule has 25 heavy (non-hydrogen) atoms. The van der Waals surface area contributed by atoms with E-state index in [-0.39, 0.29) is 0 Å². The minimum Gasteiger partial charge on any atom is -0.394 e. The molecule has 1 aliphatic heterocycles. The lowest BCUT2D eigenvalue weighted by Gasteiger charge is -2.41. The van der Waals surface area contributed by atoms with E-state index in [0.29, 0.717) is 0 Å². The third kappa shape index (κ3) is 3.49. The lowest BCUT2D eigenvalue weighted by atomic mass is 10.1. The number of nitrogens with zero attached hydrogens (tertiary/aromatic N) is 1. The van der Waals surface area contributed by atoms with Crippen molar-refractivity contribution in [2.75, 3.05) is 6.61 Å². The number of hydrogen-bond acceptors (Lipinski definition) is 6. The average Bonchev–Trinajstić information content (AvgIpc) is 2.75. The van der Waals surface area contributed by atoms with Gasteiger partial charge in [-0.15, -0.1) is 0 Å². The highest BCUT2D eigenvalue weighted by Gasteiger charge is 2.60. The monoisotopic (exact) mass is 375 g/mol. The maximum Gasteiger partial charge on any atom is 0.330 e. The van der Waals surface area contributed by atoms with Gasteiger partial charge in [0.05, 0.1) is 18.4 Å². The van der Waals surface area contributed by atoms with Crippen LogP contribution in [0.2, 0.25) is 13.1 Å². The third-order valence-corrected chi connectivity index (χ3v) is 6.12. The quantitative estimate of drug-likeness (QED) is 0.615. The van der Waals surface area contributed by atoms with Crippen LogP contribution in [0, 0.1) is 5.82 Å². The molecular formula is C15H24FN2O6Si. The number of ether oxygens (including phenoxy) is 2. The van der Waals surface area contributed by atoms with Gasteiger partial charge in [0, 0.05) is 0 Å². The Morgan fingerprint density at radius 2 is 2.04 bits per heavy atom. The van der Waals surface area contributed by atoms with Crippen LogP contribution in [0.3, 0.4) is 0 Å². The maximum absolute atomic E-state index is 13.9. The second-order valence-corrected chi connectivity index (χ2v) is 10.00. The highest BCUT2D eigenvalue weighted by Crippen LogP contribution is 2.40. The van der Waals surface area contributed by atoms with Gasteiger partial charge in [0.2, 0.25) is 5.82 Å². The summed E-state index contributed by atoms with van der Waals surface area (Å²) in [6.45, 7) is 8.43. The molecule has 0 spiro atoms. The fourth-order valence-electron chi connectivity index (χ4n) is 3.00. The van der Waals surface area contributed by atoms with Crippen molar-refractivity contribution in [1.29, 1.82) is 0 Å². The second-order valence-electron chi connectivity index (χ2n) is 7.28. The van der Waals surface area contributed by atoms with E-state index in [4.69, 9.17) is 9.47 Å². The van der Waals surface area contributed by atoms with Crippen molar-refractivity contribution in [3.8, 4) is 0 Å². The molecule has 1 aromatic rings. The van der Waals surface area contributed by atoms with Crippen LogP contribution < -0.4 is 11.2 Å². The number of aliphatic hydroxyl groups is 2. The van der Waals surface area contributed by atoms with Gasteiger partial charge in [0.15, 0.2) is 5.35 Å². The minimum absolute atomic E-state index is 0.497. The lowest BCUT2D eigenvalue weighted by Crippen LogP contribution is -2.60. The van der Waals surface area contributed by atoms with Gasteiger partial charge in [-0.2, -0.15) is 4.39 Å². The van der Waals surface area contributed by atoms with Crippen LogP contribution in [0.1, 0.15) is 20.8 Å². The Morgan fingerprint density at radius 1 is 1.44 bits per heavy atom. The molecule has 3 N–H and O–H groups in total. The fraction of sp³-hybridized carbons (Fsp3) is 0.733. The zero-order valence-corrected chi connectivity index (χ0v) is 15.9. The molecule has 0 amide bonds. The molecule has 1 radical (unpaired) electrons. The van der Waals surface area contributed by atoms with Crippen LogP contribution in [-0.2, 0) is 14.8 Å². The number of hydrogen-bond donors (Lipinski definition) is 3. The summed E-state index contributed by atoms with van der Waals surface area (Å²) >= 11 is 0. The first-order valence-corrected chi connectivity index (χ1v) is 10.4. The van der Waals surface area contributed by atoms with E-state index in [2.05, 4.69) is 0 Å². The van der Waals surface area contributed by atoms with Gasteiger partial charge in [-0.3, -0.25) is 14.3 Å². The molecule has 0 saturated carbocycles. The standard InChI is InChI=1S/C15H24FN2O6Si/c1-14(2,3)24-11-10(20)9(7-19)23-15(11,25(4)5)18-6-8(16)12(21)17-13(18)22/h6,9-11,19-20H,7H2,1-5H3,(H,17,21,22)/t9-,10-,11-,15+/m1/s1. The Bertz CT molecular complexity index is 743. The first-order chi connectivity index (χ1) is 11.4. The molecule has 1 aliphatic rings. The Hall–Kier alpha value is -1.33. The van der Waals surface area contributed by atoms with Crippen LogP contribution >= 0.6 is 0 Å². The van der Waals surface area contributed by atoms with Gasteiger partial charge in [-0.1, -0.05) is 13.1 Å².